The highest BCUT2D eigenvalue weighted by atomic mass is 127. The highest BCUT2D eigenvalue weighted by molar-refractivity contribution is 14.0. The van der Waals surface area contributed by atoms with Crippen molar-refractivity contribution in [1.29, 1.82) is 0 Å². The molecular formula is C18H29IN4O2. The summed E-state index contributed by atoms with van der Waals surface area (Å²) in [5.74, 6) is 3.19. The first-order valence-corrected chi connectivity index (χ1v) is 8.84. The molecule has 0 bridgehead atoms. The van der Waals surface area contributed by atoms with Gasteiger partial charge in [-0.15, -0.1) is 24.0 Å². The Morgan fingerprint density at radius 3 is 2.92 bits per heavy atom. The van der Waals surface area contributed by atoms with Gasteiger partial charge in [0.2, 0.25) is 6.79 Å². The average Bonchev–Trinajstić information content (AvgIpc) is 3.24. The first kappa shape index (κ1) is 20.1. The summed E-state index contributed by atoms with van der Waals surface area (Å²) in [5, 5.41) is 6.82. The highest BCUT2D eigenvalue weighted by Crippen LogP contribution is 2.32. The number of likely N-dealkylation sites (tertiary alicyclic amines) is 1. The van der Waals surface area contributed by atoms with Crippen LogP contribution >= 0.6 is 24.0 Å². The number of guanidine groups is 1. The van der Waals surface area contributed by atoms with Crippen LogP contribution in [0.3, 0.4) is 0 Å². The lowest BCUT2D eigenvalue weighted by Gasteiger charge is -2.17. The second-order valence-corrected chi connectivity index (χ2v) is 6.45. The minimum absolute atomic E-state index is 0. The van der Waals surface area contributed by atoms with Crippen molar-refractivity contribution < 1.29 is 9.47 Å². The molecule has 1 fully saturated rings. The Morgan fingerprint density at radius 2 is 2.12 bits per heavy atom. The van der Waals surface area contributed by atoms with Gasteiger partial charge in [-0.2, -0.15) is 0 Å². The van der Waals surface area contributed by atoms with Gasteiger partial charge in [0.25, 0.3) is 0 Å². The van der Waals surface area contributed by atoms with Crippen LogP contribution in [-0.4, -0.2) is 50.9 Å². The molecule has 2 aliphatic heterocycles. The maximum Gasteiger partial charge on any atom is 0.231 e. The largest absolute Gasteiger partial charge is 0.454 e. The van der Waals surface area contributed by atoms with Gasteiger partial charge in [0.15, 0.2) is 17.5 Å². The molecule has 0 radical (unpaired) electrons. The number of aliphatic imine (C=N–C) groups is 1. The van der Waals surface area contributed by atoms with Gasteiger partial charge in [-0.05, 0) is 49.5 Å². The molecule has 0 saturated carbocycles. The van der Waals surface area contributed by atoms with E-state index in [1.54, 1.807) is 0 Å². The van der Waals surface area contributed by atoms with Crippen LogP contribution in [0.1, 0.15) is 25.3 Å². The molecule has 0 aromatic heterocycles. The average molecular weight is 460 g/mol. The van der Waals surface area contributed by atoms with Crippen molar-refractivity contribution in [1.82, 2.24) is 15.5 Å². The zero-order valence-electron chi connectivity index (χ0n) is 15.1. The van der Waals surface area contributed by atoms with Gasteiger partial charge in [0.1, 0.15) is 0 Å². The number of hydrogen-bond donors (Lipinski definition) is 2. The molecule has 0 amide bonds. The molecule has 2 heterocycles. The first-order chi connectivity index (χ1) is 11.8. The fraction of sp³-hybridized carbons (Fsp3) is 0.611. The highest BCUT2D eigenvalue weighted by Gasteiger charge is 2.21. The number of nitrogens with zero attached hydrogens (tertiary/aromatic N) is 2. The SMILES string of the molecule is CCCN1CCC(CNC(=NC)NCc2ccc3c(c2)OCO3)C1.I. The lowest BCUT2D eigenvalue weighted by atomic mass is 10.1. The molecule has 140 valence electrons. The molecule has 25 heavy (non-hydrogen) atoms. The maximum atomic E-state index is 5.42. The van der Waals surface area contributed by atoms with E-state index in [0.717, 1.165) is 29.6 Å². The Hall–Kier alpha value is -1.22. The van der Waals surface area contributed by atoms with Crippen LogP contribution in [0.5, 0.6) is 11.5 Å². The van der Waals surface area contributed by atoms with E-state index in [4.69, 9.17) is 9.47 Å². The van der Waals surface area contributed by atoms with Crippen LogP contribution < -0.4 is 20.1 Å². The van der Waals surface area contributed by atoms with Crippen molar-refractivity contribution in [2.24, 2.45) is 10.9 Å². The van der Waals surface area contributed by atoms with Gasteiger partial charge in [0, 0.05) is 26.7 Å². The number of benzene rings is 1. The van der Waals surface area contributed by atoms with Gasteiger partial charge in [0.05, 0.1) is 0 Å². The Labute approximate surface area is 167 Å². The number of hydrogen-bond acceptors (Lipinski definition) is 4. The summed E-state index contributed by atoms with van der Waals surface area (Å²) in [6, 6.07) is 6.02. The third-order valence-corrected chi connectivity index (χ3v) is 4.59. The third kappa shape index (κ3) is 5.64. The van der Waals surface area contributed by atoms with Crippen molar-refractivity contribution in [2.75, 3.05) is 40.0 Å². The molecule has 7 heteroatoms. The minimum Gasteiger partial charge on any atom is -0.454 e. The van der Waals surface area contributed by atoms with Crippen molar-refractivity contribution in [2.45, 2.75) is 26.3 Å². The molecule has 0 aliphatic carbocycles. The van der Waals surface area contributed by atoms with Crippen LogP contribution in [-0.2, 0) is 6.54 Å². The Bertz CT molecular complexity index is 582. The second-order valence-electron chi connectivity index (χ2n) is 6.45. The summed E-state index contributed by atoms with van der Waals surface area (Å²) in [7, 11) is 1.81. The Balaban J connectivity index is 0.00000225. The molecule has 2 aliphatic rings. The van der Waals surface area contributed by atoms with Crippen molar-refractivity contribution in [3.05, 3.63) is 23.8 Å². The minimum atomic E-state index is 0. The normalized spacial score (nSPS) is 19.6. The van der Waals surface area contributed by atoms with Crippen LogP contribution in [0.2, 0.25) is 0 Å². The van der Waals surface area contributed by atoms with E-state index in [9.17, 15) is 0 Å². The number of halogens is 1. The van der Waals surface area contributed by atoms with Crippen molar-refractivity contribution in [3.8, 4) is 11.5 Å². The number of rotatable bonds is 6. The maximum absolute atomic E-state index is 5.42. The monoisotopic (exact) mass is 460 g/mol. The summed E-state index contributed by atoms with van der Waals surface area (Å²) in [6.07, 6.45) is 2.51. The Kier molecular flexibility index (Phi) is 8.08. The van der Waals surface area contributed by atoms with E-state index in [0.29, 0.717) is 19.3 Å². The molecule has 1 aromatic carbocycles. The topological polar surface area (TPSA) is 58.1 Å². The molecule has 0 spiro atoms. The zero-order valence-corrected chi connectivity index (χ0v) is 17.4. The molecule has 1 saturated heterocycles. The van der Waals surface area contributed by atoms with E-state index in [1.807, 2.05) is 25.2 Å². The van der Waals surface area contributed by atoms with Gasteiger partial charge in [-0.1, -0.05) is 13.0 Å². The van der Waals surface area contributed by atoms with Crippen LogP contribution in [0.15, 0.2) is 23.2 Å². The molecule has 6 nitrogen and oxygen atoms in total. The van der Waals surface area contributed by atoms with Gasteiger partial charge in [-0.25, -0.2) is 0 Å². The predicted molar refractivity (Wildman–Crippen MR) is 111 cm³/mol. The lowest BCUT2D eigenvalue weighted by molar-refractivity contribution is 0.174. The van der Waals surface area contributed by atoms with Crippen molar-refractivity contribution >= 4 is 29.9 Å². The van der Waals surface area contributed by atoms with Crippen LogP contribution in [0, 0.1) is 5.92 Å². The first-order valence-electron chi connectivity index (χ1n) is 8.84. The summed E-state index contributed by atoms with van der Waals surface area (Å²) < 4.78 is 10.8. The molecule has 1 atom stereocenters. The fourth-order valence-electron chi connectivity index (χ4n) is 3.30. The van der Waals surface area contributed by atoms with Gasteiger partial charge < -0.3 is 25.0 Å². The Morgan fingerprint density at radius 1 is 1.28 bits per heavy atom. The number of fused-ring (bicyclic) bond motifs is 1. The van der Waals surface area contributed by atoms with E-state index < -0.39 is 0 Å². The summed E-state index contributed by atoms with van der Waals surface area (Å²) in [4.78, 5) is 6.87. The zero-order chi connectivity index (χ0) is 16.8. The molecule has 1 aromatic rings. The van der Waals surface area contributed by atoms with Crippen molar-refractivity contribution in [3.63, 3.8) is 0 Å². The molecule has 1 unspecified atom stereocenters. The lowest BCUT2D eigenvalue weighted by Crippen LogP contribution is -2.39. The number of ether oxygens (including phenoxy) is 2. The van der Waals surface area contributed by atoms with E-state index >= 15 is 0 Å². The van der Waals surface area contributed by atoms with Gasteiger partial charge in [-0.3, -0.25) is 4.99 Å². The standard InChI is InChI=1S/C18H28N4O2.HI/c1-3-7-22-8-6-15(12-22)11-21-18(19-2)20-10-14-4-5-16-17(9-14)24-13-23-16;/h4-5,9,15H,3,6-8,10-13H2,1-2H3,(H2,19,20,21);1H. The van der Waals surface area contributed by atoms with E-state index in [1.165, 1.54) is 32.5 Å². The summed E-state index contributed by atoms with van der Waals surface area (Å²) in [6.45, 7) is 7.88. The quantitative estimate of drug-likeness (QED) is 0.388. The predicted octanol–water partition coefficient (Wildman–Crippen LogP) is 2.43. The summed E-state index contributed by atoms with van der Waals surface area (Å²) >= 11 is 0. The van der Waals surface area contributed by atoms with Crippen LogP contribution in [0.4, 0.5) is 0 Å². The second kappa shape index (κ2) is 10.1. The van der Waals surface area contributed by atoms with E-state index in [2.05, 4.69) is 27.4 Å². The molecular weight excluding hydrogens is 431 g/mol. The van der Waals surface area contributed by atoms with E-state index in [-0.39, 0.29) is 24.0 Å². The van der Waals surface area contributed by atoms with Crippen LogP contribution in [0.25, 0.3) is 0 Å². The fourth-order valence-corrected chi connectivity index (χ4v) is 3.30. The smallest absolute Gasteiger partial charge is 0.231 e. The molecule has 2 N–H and O–H groups in total. The summed E-state index contributed by atoms with van der Waals surface area (Å²) in [5.41, 5.74) is 1.15. The van der Waals surface area contributed by atoms with Gasteiger partial charge >= 0.3 is 0 Å². The third-order valence-electron chi connectivity index (χ3n) is 4.59. The molecule has 3 rings (SSSR count). The number of nitrogens with one attached hydrogen (secondary N) is 2.